The minimum atomic E-state index is -0.817. The third kappa shape index (κ3) is 1.49. The van der Waals surface area contributed by atoms with E-state index in [0.717, 1.165) is 12.8 Å². The van der Waals surface area contributed by atoms with Crippen LogP contribution in [0.15, 0.2) is 0 Å². The van der Waals surface area contributed by atoms with Crippen LogP contribution in [0.25, 0.3) is 0 Å². The summed E-state index contributed by atoms with van der Waals surface area (Å²) in [5.41, 5.74) is -0.803. The lowest BCUT2D eigenvalue weighted by Gasteiger charge is -2.32. The molecule has 0 aromatic rings. The number of amides is 1. The first-order valence-corrected chi connectivity index (χ1v) is 5.12. The highest BCUT2D eigenvalue weighted by Crippen LogP contribution is 2.41. The molecule has 0 aromatic heterocycles. The number of aliphatic carboxylic acids is 1. The van der Waals surface area contributed by atoms with Crippen molar-refractivity contribution in [3.05, 3.63) is 0 Å². The molecule has 0 aromatic carbocycles. The lowest BCUT2D eigenvalue weighted by Crippen LogP contribution is -2.36. The Labute approximate surface area is 82.7 Å². The van der Waals surface area contributed by atoms with Crippen molar-refractivity contribution in [1.29, 1.82) is 0 Å². The van der Waals surface area contributed by atoms with Gasteiger partial charge in [-0.05, 0) is 12.3 Å². The van der Waals surface area contributed by atoms with E-state index >= 15 is 0 Å². The molecule has 1 unspecified atom stereocenters. The highest BCUT2D eigenvalue weighted by Gasteiger charge is 2.47. The van der Waals surface area contributed by atoms with Crippen molar-refractivity contribution in [3.8, 4) is 0 Å². The molecular weight excluding hydrogens is 182 g/mol. The number of hydrogen-bond acceptors (Lipinski definition) is 2. The van der Waals surface area contributed by atoms with E-state index in [-0.39, 0.29) is 12.3 Å². The van der Waals surface area contributed by atoms with Gasteiger partial charge in [0.2, 0.25) is 5.91 Å². The summed E-state index contributed by atoms with van der Waals surface area (Å²) in [6, 6.07) is 0. The Balaban J connectivity index is 2.05. The average molecular weight is 197 g/mol. The van der Waals surface area contributed by atoms with Crippen LogP contribution in [0.4, 0.5) is 0 Å². The average Bonchev–Trinajstić information content (AvgIpc) is 2.42. The van der Waals surface area contributed by atoms with Crippen LogP contribution in [-0.2, 0) is 9.59 Å². The first-order chi connectivity index (χ1) is 6.62. The second-order valence-electron chi connectivity index (χ2n) is 4.54. The normalized spacial score (nSPS) is 32.4. The summed E-state index contributed by atoms with van der Waals surface area (Å²) in [6.07, 6.45) is 4.30. The Hall–Kier alpha value is -1.06. The maximum atomic E-state index is 11.2. The van der Waals surface area contributed by atoms with Crippen molar-refractivity contribution < 1.29 is 14.7 Å². The molecule has 1 aliphatic carbocycles. The Bertz CT molecular complexity index is 273. The van der Waals surface area contributed by atoms with Crippen LogP contribution >= 0.6 is 0 Å². The lowest BCUT2D eigenvalue weighted by atomic mass is 9.71. The molecule has 78 valence electrons. The quantitative estimate of drug-likeness (QED) is 0.702. The standard InChI is InChI=1S/C10H15NO3/c12-8-5-10(6-11-8,9(13)14)4-7-2-1-3-7/h7H,1-6H2,(H,11,12)(H,13,14). The number of rotatable bonds is 3. The number of carbonyl (C=O) groups excluding carboxylic acids is 1. The van der Waals surface area contributed by atoms with Gasteiger partial charge in [-0.25, -0.2) is 0 Å². The Morgan fingerprint density at radius 1 is 1.57 bits per heavy atom. The number of hydrogen-bond donors (Lipinski definition) is 2. The third-order valence-electron chi connectivity index (χ3n) is 3.48. The van der Waals surface area contributed by atoms with E-state index in [1.807, 2.05) is 0 Å². The SMILES string of the molecule is O=C1CC(CC2CCC2)(C(=O)O)CN1. The van der Waals surface area contributed by atoms with Crippen molar-refractivity contribution in [3.63, 3.8) is 0 Å². The van der Waals surface area contributed by atoms with Crippen LogP contribution in [0.2, 0.25) is 0 Å². The van der Waals surface area contributed by atoms with E-state index in [1.54, 1.807) is 0 Å². The van der Waals surface area contributed by atoms with Gasteiger partial charge in [0.25, 0.3) is 0 Å². The van der Waals surface area contributed by atoms with E-state index in [9.17, 15) is 9.59 Å². The molecule has 1 heterocycles. The first kappa shape index (κ1) is 9.49. The van der Waals surface area contributed by atoms with Crippen molar-refractivity contribution in [2.45, 2.75) is 32.1 Å². The van der Waals surface area contributed by atoms with Gasteiger partial charge in [-0.15, -0.1) is 0 Å². The number of carboxylic acid groups (broad SMARTS) is 1. The van der Waals surface area contributed by atoms with Crippen molar-refractivity contribution >= 4 is 11.9 Å². The van der Waals surface area contributed by atoms with Gasteiger partial charge in [0.1, 0.15) is 0 Å². The van der Waals surface area contributed by atoms with Crippen LogP contribution in [0.5, 0.6) is 0 Å². The predicted octanol–water partition coefficient (Wildman–Crippen LogP) is 0.767. The second kappa shape index (κ2) is 3.26. The summed E-state index contributed by atoms with van der Waals surface area (Å²) in [6.45, 7) is 0.317. The summed E-state index contributed by atoms with van der Waals surface area (Å²) in [7, 11) is 0. The molecule has 2 fully saturated rings. The molecule has 1 saturated carbocycles. The van der Waals surface area contributed by atoms with Gasteiger partial charge in [-0.2, -0.15) is 0 Å². The van der Waals surface area contributed by atoms with E-state index in [2.05, 4.69) is 5.32 Å². The molecule has 2 rings (SSSR count). The van der Waals surface area contributed by atoms with Crippen LogP contribution in [0.1, 0.15) is 32.1 Å². The Morgan fingerprint density at radius 3 is 2.64 bits per heavy atom. The molecule has 0 bridgehead atoms. The summed E-state index contributed by atoms with van der Waals surface area (Å²) in [4.78, 5) is 22.2. The summed E-state index contributed by atoms with van der Waals surface area (Å²) < 4.78 is 0. The van der Waals surface area contributed by atoms with Crippen LogP contribution in [-0.4, -0.2) is 23.5 Å². The van der Waals surface area contributed by atoms with Gasteiger partial charge in [0, 0.05) is 13.0 Å². The molecule has 1 aliphatic heterocycles. The lowest BCUT2D eigenvalue weighted by molar-refractivity contribution is -0.150. The van der Waals surface area contributed by atoms with Crippen molar-refractivity contribution in [2.75, 3.05) is 6.54 Å². The molecule has 4 heteroatoms. The Morgan fingerprint density at radius 2 is 2.29 bits per heavy atom. The predicted molar refractivity (Wildman–Crippen MR) is 49.7 cm³/mol. The summed E-state index contributed by atoms with van der Waals surface area (Å²) >= 11 is 0. The molecule has 2 N–H and O–H groups in total. The minimum Gasteiger partial charge on any atom is -0.481 e. The van der Waals surface area contributed by atoms with E-state index in [4.69, 9.17) is 5.11 Å². The number of nitrogens with one attached hydrogen (secondary N) is 1. The fraction of sp³-hybridized carbons (Fsp3) is 0.800. The highest BCUT2D eigenvalue weighted by atomic mass is 16.4. The first-order valence-electron chi connectivity index (χ1n) is 5.12. The minimum absolute atomic E-state index is 0.119. The highest BCUT2D eigenvalue weighted by molar-refractivity contribution is 5.88. The monoisotopic (exact) mass is 197 g/mol. The molecule has 1 atom stereocenters. The van der Waals surface area contributed by atoms with Crippen molar-refractivity contribution in [1.82, 2.24) is 5.32 Å². The second-order valence-corrected chi connectivity index (χ2v) is 4.54. The van der Waals surface area contributed by atoms with Crippen LogP contribution in [0.3, 0.4) is 0 Å². The van der Waals surface area contributed by atoms with Gasteiger partial charge in [-0.1, -0.05) is 19.3 Å². The summed E-state index contributed by atoms with van der Waals surface area (Å²) in [5, 5.41) is 11.8. The molecule has 1 saturated heterocycles. The Kier molecular flexibility index (Phi) is 2.21. The van der Waals surface area contributed by atoms with Crippen molar-refractivity contribution in [2.24, 2.45) is 11.3 Å². The van der Waals surface area contributed by atoms with Gasteiger partial charge >= 0.3 is 5.97 Å². The largest absolute Gasteiger partial charge is 0.481 e. The zero-order valence-electron chi connectivity index (χ0n) is 8.08. The third-order valence-corrected chi connectivity index (χ3v) is 3.48. The van der Waals surface area contributed by atoms with E-state index in [0.29, 0.717) is 18.9 Å². The van der Waals surface area contributed by atoms with Gasteiger partial charge in [0.15, 0.2) is 0 Å². The smallest absolute Gasteiger partial charge is 0.311 e. The molecular formula is C10H15NO3. The fourth-order valence-corrected chi connectivity index (χ4v) is 2.33. The zero-order chi connectivity index (χ0) is 10.2. The molecule has 14 heavy (non-hydrogen) atoms. The molecule has 4 nitrogen and oxygen atoms in total. The topological polar surface area (TPSA) is 66.4 Å². The van der Waals surface area contributed by atoms with Crippen LogP contribution < -0.4 is 5.32 Å². The molecule has 0 spiro atoms. The molecule has 0 radical (unpaired) electrons. The van der Waals surface area contributed by atoms with E-state index < -0.39 is 11.4 Å². The maximum Gasteiger partial charge on any atom is 0.311 e. The number of carbonyl (C=O) groups is 2. The van der Waals surface area contributed by atoms with Crippen LogP contribution in [0, 0.1) is 11.3 Å². The molecule has 2 aliphatic rings. The number of carboxylic acids is 1. The van der Waals surface area contributed by atoms with Gasteiger partial charge < -0.3 is 10.4 Å². The molecule has 1 amide bonds. The van der Waals surface area contributed by atoms with Gasteiger partial charge in [-0.3, -0.25) is 9.59 Å². The maximum absolute atomic E-state index is 11.2. The fourth-order valence-electron chi connectivity index (χ4n) is 2.33. The van der Waals surface area contributed by atoms with E-state index in [1.165, 1.54) is 6.42 Å². The zero-order valence-corrected chi connectivity index (χ0v) is 8.08. The van der Waals surface area contributed by atoms with Gasteiger partial charge in [0.05, 0.1) is 5.41 Å². The summed E-state index contributed by atoms with van der Waals surface area (Å²) in [5.74, 6) is -0.409.